The monoisotopic (exact) mass is 436 g/mol. The minimum absolute atomic E-state index is 0.0746. The third-order valence-electron chi connectivity index (χ3n) is 5.42. The topological polar surface area (TPSA) is 65.7 Å². The van der Waals surface area contributed by atoms with Crippen LogP contribution in [0.5, 0.6) is 5.75 Å². The van der Waals surface area contributed by atoms with E-state index in [0.717, 1.165) is 6.42 Å². The molecule has 1 heterocycles. The van der Waals surface area contributed by atoms with Crippen LogP contribution in [-0.4, -0.2) is 12.6 Å². The molecule has 0 fully saturated rings. The standard InChI is InChI=1S/C26H44O5/c1-4-5-6-7-8-9-10-11-12-13-14-15-16-17-18-29-20-23-19-24(27)25(21-30-23)31-26(28)22(2)3/h19,21-22H,4-18,20H2,1-3H3. The summed E-state index contributed by atoms with van der Waals surface area (Å²) in [6.07, 6.45) is 19.8. The highest BCUT2D eigenvalue weighted by Gasteiger charge is 2.13. The zero-order chi connectivity index (χ0) is 22.7. The molecule has 1 rings (SSSR count). The van der Waals surface area contributed by atoms with E-state index in [9.17, 15) is 9.59 Å². The van der Waals surface area contributed by atoms with E-state index in [4.69, 9.17) is 13.9 Å². The third kappa shape index (κ3) is 14.1. The van der Waals surface area contributed by atoms with Crippen LogP contribution in [0, 0.1) is 5.92 Å². The summed E-state index contributed by atoms with van der Waals surface area (Å²) < 4.78 is 16.0. The van der Waals surface area contributed by atoms with E-state index in [1.54, 1.807) is 13.8 Å². The van der Waals surface area contributed by atoms with Crippen LogP contribution in [0.1, 0.15) is 116 Å². The molecule has 0 aromatic carbocycles. The first-order chi connectivity index (χ1) is 15.0. The maximum Gasteiger partial charge on any atom is 0.314 e. The Balaban J connectivity index is 1.96. The Labute approximate surface area is 188 Å². The third-order valence-corrected chi connectivity index (χ3v) is 5.42. The number of esters is 1. The quantitative estimate of drug-likeness (QED) is 0.169. The van der Waals surface area contributed by atoms with Gasteiger partial charge in [0.15, 0.2) is 0 Å². The minimum atomic E-state index is -0.450. The van der Waals surface area contributed by atoms with Crippen molar-refractivity contribution in [2.24, 2.45) is 5.92 Å². The van der Waals surface area contributed by atoms with E-state index in [2.05, 4.69) is 6.92 Å². The number of rotatable bonds is 19. The van der Waals surface area contributed by atoms with Crippen LogP contribution < -0.4 is 10.2 Å². The van der Waals surface area contributed by atoms with Crippen LogP contribution in [0.25, 0.3) is 0 Å². The molecular weight excluding hydrogens is 392 g/mol. The SMILES string of the molecule is CCCCCCCCCCCCCCCCOCc1cc(=O)c(OC(=O)C(C)C)co1. The summed E-state index contributed by atoms with van der Waals surface area (Å²) in [5.74, 6) is -0.379. The Morgan fingerprint density at radius 2 is 1.39 bits per heavy atom. The fourth-order valence-corrected chi connectivity index (χ4v) is 3.39. The molecule has 0 saturated heterocycles. The van der Waals surface area contributed by atoms with Crippen molar-refractivity contribution in [3.05, 3.63) is 28.3 Å². The van der Waals surface area contributed by atoms with Crippen LogP contribution in [0.2, 0.25) is 0 Å². The number of carbonyl (C=O) groups is 1. The number of carbonyl (C=O) groups excluding carboxylic acids is 1. The molecule has 178 valence electrons. The Hall–Kier alpha value is -1.62. The van der Waals surface area contributed by atoms with Crippen molar-refractivity contribution in [1.29, 1.82) is 0 Å². The average molecular weight is 437 g/mol. The predicted octanol–water partition coefficient (Wildman–Crippen LogP) is 7.20. The Morgan fingerprint density at radius 1 is 0.871 bits per heavy atom. The normalized spacial score (nSPS) is 11.2. The van der Waals surface area contributed by atoms with Gasteiger partial charge in [0, 0.05) is 12.7 Å². The Bertz CT molecular complexity index is 635. The summed E-state index contributed by atoms with van der Waals surface area (Å²) in [6.45, 7) is 6.61. The van der Waals surface area contributed by atoms with Crippen molar-refractivity contribution in [3.63, 3.8) is 0 Å². The van der Waals surface area contributed by atoms with Gasteiger partial charge in [-0.3, -0.25) is 9.59 Å². The van der Waals surface area contributed by atoms with Gasteiger partial charge in [-0.05, 0) is 6.42 Å². The van der Waals surface area contributed by atoms with Crippen LogP contribution >= 0.6 is 0 Å². The van der Waals surface area contributed by atoms with Gasteiger partial charge in [0.2, 0.25) is 11.2 Å². The number of hydrogen-bond donors (Lipinski definition) is 0. The first kappa shape index (κ1) is 27.4. The van der Waals surface area contributed by atoms with E-state index >= 15 is 0 Å². The lowest BCUT2D eigenvalue weighted by Gasteiger charge is -2.07. The largest absolute Gasteiger partial charge is 0.463 e. The van der Waals surface area contributed by atoms with Crippen LogP contribution in [0.3, 0.4) is 0 Å². The molecule has 0 atom stereocenters. The van der Waals surface area contributed by atoms with E-state index in [0.29, 0.717) is 12.4 Å². The molecule has 0 aliphatic heterocycles. The molecule has 5 heteroatoms. The molecule has 1 aromatic rings. The zero-order valence-electron chi connectivity index (χ0n) is 20.1. The molecule has 0 spiro atoms. The molecule has 0 N–H and O–H groups in total. The van der Waals surface area contributed by atoms with Crippen LogP contribution in [0.15, 0.2) is 21.5 Å². The van der Waals surface area contributed by atoms with Crippen LogP contribution in [-0.2, 0) is 16.1 Å². The van der Waals surface area contributed by atoms with E-state index in [1.165, 1.54) is 95.8 Å². The first-order valence-electron chi connectivity index (χ1n) is 12.5. The van der Waals surface area contributed by atoms with E-state index in [-0.39, 0.29) is 23.7 Å². The molecule has 0 bridgehead atoms. The van der Waals surface area contributed by atoms with Gasteiger partial charge in [0.05, 0.1) is 5.92 Å². The van der Waals surface area contributed by atoms with Gasteiger partial charge in [0.25, 0.3) is 0 Å². The van der Waals surface area contributed by atoms with Crippen molar-refractivity contribution < 1.29 is 18.7 Å². The van der Waals surface area contributed by atoms with Gasteiger partial charge < -0.3 is 13.9 Å². The summed E-state index contributed by atoms with van der Waals surface area (Å²) >= 11 is 0. The summed E-state index contributed by atoms with van der Waals surface area (Å²) in [4.78, 5) is 23.5. The van der Waals surface area contributed by atoms with Crippen molar-refractivity contribution >= 4 is 5.97 Å². The van der Waals surface area contributed by atoms with Gasteiger partial charge in [-0.15, -0.1) is 0 Å². The molecule has 1 aromatic heterocycles. The van der Waals surface area contributed by atoms with Gasteiger partial charge >= 0.3 is 5.97 Å². The van der Waals surface area contributed by atoms with Crippen molar-refractivity contribution in [2.45, 2.75) is 117 Å². The zero-order valence-corrected chi connectivity index (χ0v) is 20.1. The molecule has 0 aliphatic carbocycles. The minimum Gasteiger partial charge on any atom is -0.463 e. The van der Waals surface area contributed by atoms with Gasteiger partial charge in [0.1, 0.15) is 18.6 Å². The predicted molar refractivity (Wildman–Crippen MR) is 125 cm³/mol. The van der Waals surface area contributed by atoms with Gasteiger partial charge in [-0.1, -0.05) is 104 Å². The molecule has 0 aliphatic rings. The van der Waals surface area contributed by atoms with Crippen LogP contribution in [0.4, 0.5) is 0 Å². The van der Waals surface area contributed by atoms with Gasteiger partial charge in [-0.25, -0.2) is 0 Å². The fourth-order valence-electron chi connectivity index (χ4n) is 3.39. The number of ether oxygens (including phenoxy) is 2. The molecule has 0 saturated carbocycles. The first-order valence-corrected chi connectivity index (χ1v) is 12.5. The maximum atomic E-state index is 12.0. The number of hydrogen-bond acceptors (Lipinski definition) is 5. The lowest BCUT2D eigenvalue weighted by molar-refractivity contribution is -0.137. The summed E-state index contributed by atoms with van der Waals surface area (Å²) in [5, 5.41) is 0. The lowest BCUT2D eigenvalue weighted by Crippen LogP contribution is -2.19. The smallest absolute Gasteiger partial charge is 0.314 e. The summed E-state index contributed by atoms with van der Waals surface area (Å²) in [6, 6.07) is 1.33. The van der Waals surface area contributed by atoms with E-state index in [1.807, 2.05) is 0 Å². The second kappa shape index (κ2) is 18.0. The van der Waals surface area contributed by atoms with Gasteiger partial charge in [-0.2, -0.15) is 0 Å². The Morgan fingerprint density at radius 3 is 1.87 bits per heavy atom. The second-order valence-corrected chi connectivity index (χ2v) is 8.80. The molecule has 31 heavy (non-hydrogen) atoms. The van der Waals surface area contributed by atoms with Crippen molar-refractivity contribution in [3.8, 4) is 5.75 Å². The highest BCUT2D eigenvalue weighted by Crippen LogP contribution is 2.13. The summed E-state index contributed by atoms with van der Waals surface area (Å²) in [7, 11) is 0. The number of unbranched alkanes of at least 4 members (excludes halogenated alkanes) is 13. The molecular formula is C26H44O5. The van der Waals surface area contributed by atoms with Crippen molar-refractivity contribution in [2.75, 3.05) is 6.61 Å². The van der Waals surface area contributed by atoms with E-state index < -0.39 is 5.97 Å². The molecule has 5 nitrogen and oxygen atoms in total. The van der Waals surface area contributed by atoms with Crippen molar-refractivity contribution in [1.82, 2.24) is 0 Å². The molecule has 0 radical (unpaired) electrons. The molecule has 0 amide bonds. The maximum absolute atomic E-state index is 12.0. The lowest BCUT2D eigenvalue weighted by atomic mass is 10.0. The second-order valence-electron chi connectivity index (χ2n) is 8.80. The highest BCUT2D eigenvalue weighted by atomic mass is 16.5. The average Bonchev–Trinajstić information content (AvgIpc) is 2.75. The fraction of sp³-hybridized carbons (Fsp3) is 0.769. The Kier molecular flexibility index (Phi) is 15.9. The summed E-state index contributed by atoms with van der Waals surface area (Å²) in [5.41, 5.74) is -0.365. The highest BCUT2D eigenvalue weighted by molar-refractivity contribution is 5.74. The molecule has 0 unspecified atom stereocenters.